The second kappa shape index (κ2) is 7.03. The van der Waals surface area contributed by atoms with Crippen molar-refractivity contribution >= 4 is 5.91 Å². The third-order valence-corrected chi connectivity index (χ3v) is 3.32. The minimum Gasteiger partial charge on any atom is -0.348 e. The summed E-state index contributed by atoms with van der Waals surface area (Å²) in [4.78, 5) is 12.3. The lowest BCUT2D eigenvalue weighted by molar-refractivity contribution is 0.0935. The molecule has 1 atom stereocenters. The molecule has 3 N–H and O–H groups in total. The summed E-state index contributed by atoms with van der Waals surface area (Å²) in [7, 11) is 0. The van der Waals surface area contributed by atoms with Gasteiger partial charge in [-0.15, -0.1) is 0 Å². The topological polar surface area (TPSA) is 90.8 Å². The Hall–Kier alpha value is -2.15. The smallest absolute Gasteiger partial charge is 0.255 e. The van der Waals surface area contributed by atoms with Crippen LogP contribution in [0.5, 0.6) is 0 Å². The first-order valence-electron chi connectivity index (χ1n) is 7.12. The van der Waals surface area contributed by atoms with Crippen LogP contribution in [0.25, 0.3) is 0 Å². The third-order valence-electron chi connectivity index (χ3n) is 3.32. The van der Waals surface area contributed by atoms with E-state index in [2.05, 4.69) is 15.5 Å². The van der Waals surface area contributed by atoms with Gasteiger partial charge in [0.25, 0.3) is 5.91 Å². The van der Waals surface area contributed by atoms with Gasteiger partial charge in [0.1, 0.15) is 0 Å². The van der Waals surface area contributed by atoms with Crippen molar-refractivity contribution in [3.63, 3.8) is 0 Å². The zero-order valence-electron chi connectivity index (χ0n) is 12.5. The minimum atomic E-state index is -0.105. The molecule has 2 aromatic rings. The lowest BCUT2D eigenvalue weighted by atomic mass is 10.2. The van der Waals surface area contributed by atoms with Crippen molar-refractivity contribution in [3.05, 3.63) is 35.9 Å². The Morgan fingerprint density at radius 3 is 2.95 bits per heavy atom. The Morgan fingerprint density at radius 2 is 2.29 bits per heavy atom. The highest BCUT2D eigenvalue weighted by Gasteiger charge is 2.16. The number of amides is 1. The molecule has 21 heavy (non-hydrogen) atoms. The summed E-state index contributed by atoms with van der Waals surface area (Å²) in [5.74, 6) is -0.105. The number of hydrogen-bond acceptors (Lipinski definition) is 4. The zero-order chi connectivity index (χ0) is 15.2. The van der Waals surface area contributed by atoms with E-state index in [4.69, 9.17) is 5.73 Å². The van der Waals surface area contributed by atoms with Crippen LogP contribution in [0.3, 0.4) is 0 Å². The average molecular weight is 290 g/mol. The van der Waals surface area contributed by atoms with Crippen LogP contribution in [0, 0.1) is 6.92 Å². The minimum absolute atomic E-state index is 0.0100. The molecule has 0 aliphatic heterocycles. The maximum atomic E-state index is 12.3. The predicted octanol–water partition coefficient (Wildman–Crippen LogP) is 0.555. The summed E-state index contributed by atoms with van der Waals surface area (Å²) in [5.41, 5.74) is 6.97. The Balaban J connectivity index is 1.95. The fourth-order valence-corrected chi connectivity index (χ4v) is 2.17. The Kier molecular flexibility index (Phi) is 5.10. The van der Waals surface area contributed by atoms with Crippen LogP contribution in [0.2, 0.25) is 0 Å². The third kappa shape index (κ3) is 3.91. The normalized spacial score (nSPS) is 12.3. The fourth-order valence-electron chi connectivity index (χ4n) is 2.17. The molecule has 0 aromatic carbocycles. The fraction of sp³-hybridized carbons (Fsp3) is 0.500. The SMILES string of the molecule is Cc1c(C(=O)NC(C)Cn2cccn2)cnn1CCCN. The summed E-state index contributed by atoms with van der Waals surface area (Å²) in [6.07, 6.45) is 6.06. The van der Waals surface area contributed by atoms with E-state index in [1.807, 2.05) is 30.8 Å². The van der Waals surface area contributed by atoms with Crippen molar-refractivity contribution in [3.8, 4) is 0 Å². The van der Waals surface area contributed by atoms with Crippen LogP contribution in [-0.2, 0) is 13.1 Å². The molecule has 0 fully saturated rings. The van der Waals surface area contributed by atoms with E-state index < -0.39 is 0 Å². The van der Waals surface area contributed by atoms with E-state index in [0.29, 0.717) is 18.7 Å². The molecule has 114 valence electrons. The van der Waals surface area contributed by atoms with Crippen LogP contribution in [0.4, 0.5) is 0 Å². The van der Waals surface area contributed by atoms with Gasteiger partial charge < -0.3 is 11.1 Å². The van der Waals surface area contributed by atoms with Gasteiger partial charge in [-0.05, 0) is 32.9 Å². The monoisotopic (exact) mass is 290 g/mol. The average Bonchev–Trinajstić information content (AvgIpc) is 3.06. The molecule has 0 bridgehead atoms. The molecule has 1 unspecified atom stereocenters. The second-order valence-corrected chi connectivity index (χ2v) is 5.11. The van der Waals surface area contributed by atoms with Crippen molar-refractivity contribution in [2.75, 3.05) is 6.54 Å². The number of carbonyl (C=O) groups excluding carboxylic acids is 1. The quantitative estimate of drug-likeness (QED) is 0.779. The van der Waals surface area contributed by atoms with Gasteiger partial charge in [-0.2, -0.15) is 10.2 Å². The van der Waals surface area contributed by atoms with Gasteiger partial charge in [-0.3, -0.25) is 14.2 Å². The van der Waals surface area contributed by atoms with Crippen LogP contribution in [0.15, 0.2) is 24.7 Å². The highest BCUT2D eigenvalue weighted by molar-refractivity contribution is 5.95. The molecule has 2 aromatic heterocycles. The molecule has 7 heteroatoms. The summed E-state index contributed by atoms with van der Waals surface area (Å²) in [5, 5.41) is 11.3. The zero-order valence-corrected chi connectivity index (χ0v) is 12.5. The van der Waals surface area contributed by atoms with Gasteiger partial charge in [0.2, 0.25) is 0 Å². The molecule has 2 rings (SSSR count). The van der Waals surface area contributed by atoms with E-state index in [1.165, 1.54) is 0 Å². The standard InChI is InChI=1S/C14H22N6O/c1-11(10-19-7-4-6-16-19)18-14(21)13-9-17-20(12(13)2)8-3-5-15/h4,6-7,9,11H,3,5,8,10,15H2,1-2H3,(H,18,21). The van der Waals surface area contributed by atoms with E-state index in [0.717, 1.165) is 18.7 Å². The molecular weight excluding hydrogens is 268 g/mol. The maximum absolute atomic E-state index is 12.3. The highest BCUT2D eigenvalue weighted by Crippen LogP contribution is 2.08. The number of nitrogens with two attached hydrogens (primary N) is 1. The molecule has 1 amide bonds. The second-order valence-electron chi connectivity index (χ2n) is 5.11. The Bertz CT molecular complexity index is 574. The first-order valence-corrected chi connectivity index (χ1v) is 7.12. The van der Waals surface area contributed by atoms with Gasteiger partial charge in [-0.25, -0.2) is 0 Å². The van der Waals surface area contributed by atoms with Crippen LogP contribution >= 0.6 is 0 Å². The number of aryl methyl sites for hydroxylation is 1. The first kappa shape index (κ1) is 15.2. The van der Waals surface area contributed by atoms with Gasteiger partial charge in [-0.1, -0.05) is 0 Å². The molecule has 0 aliphatic carbocycles. The molecule has 0 saturated carbocycles. The van der Waals surface area contributed by atoms with Crippen molar-refractivity contribution < 1.29 is 4.79 Å². The first-order chi connectivity index (χ1) is 10.1. The largest absolute Gasteiger partial charge is 0.348 e. The molecule has 2 heterocycles. The van der Waals surface area contributed by atoms with Crippen molar-refractivity contribution in [2.45, 2.75) is 39.4 Å². The van der Waals surface area contributed by atoms with Crippen LogP contribution in [0.1, 0.15) is 29.4 Å². The maximum Gasteiger partial charge on any atom is 0.255 e. The predicted molar refractivity (Wildman–Crippen MR) is 79.8 cm³/mol. The van der Waals surface area contributed by atoms with E-state index in [9.17, 15) is 4.79 Å². The molecule has 0 aliphatic rings. The summed E-state index contributed by atoms with van der Waals surface area (Å²) < 4.78 is 3.61. The van der Waals surface area contributed by atoms with Gasteiger partial charge in [0.05, 0.1) is 18.3 Å². The molecule has 0 saturated heterocycles. The lowest BCUT2D eigenvalue weighted by Gasteiger charge is -2.13. The van der Waals surface area contributed by atoms with Crippen molar-refractivity contribution in [1.29, 1.82) is 0 Å². The number of carbonyl (C=O) groups is 1. The van der Waals surface area contributed by atoms with E-state index in [-0.39, 0.29) is 11.9 Å². The summed E-state index contributed by atoms with van der Waals surface area (Å²) >= 11 is 0. The van der Waals surface area contributed by atoms with Crippen molar-refractivity contribution in [2.24, 2.45) is 5.73 Å². The van der Waals surface area contributed by atoms with Crippen molar-refractivity contribution in [1.82, 2.24) is 24.9 Å². The Labute approximate surface area is 124 Å². The van der Waals surface area contributed by atoms with Gasteiger partial charge in [0.15, 0.2) is 0 Å². The van der Waals surface area contributed by atoms with Crippen LogP contribution < -0.4 is 11.1 Å². The molecular formula is C14H22N6O. The Morgan fingerprint density at radius 1 is 1.48 bits per heavy atom. The number of nitrogens with one attached hydrogen (secondary N) is 1. The number of rotatable bonds is 7. The number of hydrogen-bond donors (Lipinski definition) is 2. The summed E-state index contributed by atoms with van der Waals surface area (Å²) in [6, 6.07) is 1.85. The highest BCUT2D eigenvalue weighted by atomic mass is 16.1. The van der Waals surface area contributed by atoms with E-state index in [1.54, 1.807) is 17.1 Å². The summed E-state index contributed by atoms with van der Waals surface area (Å²) in [6.45, 7) is 5.84. The van der Waals surface area contributed by atoms with Gasteiger partial charge in [0, 0.05) is 30.7 Å². The molecule has 7 nitrogen and oxygen atoms in total. The number of nitrogens with zero attached hydrogens (tertiary/aromatic N) is 4. The van der Waals surface area contributed by atoms with Gasteiger partial charge >= 0.3 is 0 Å². The molecule has 0 spiro atoms. The van der Waals surface area contributed by atoms with Crippen LogP contribution in [-0.4, -0.2) is 38.1 Å². The molecule has 0 radical (unpaired) electrons. The lowest BCUT2D eigenvalue weighted by Crippen LogP contribution is -2.36. The van der Waals surface area contributed by atoms with E-state index >= 15 is 0 Å². The number of aromatic nitrogens is 4.